The first-order valence-corrected chi connectivity index (χ1v) is 8.95. The van der Waals surface area contributed by atoms with Crippen molar-refractivity contribution in [2.24, 2.45) is 29.1 Å². The second kappa shape index (κ2) is 7.00. The third-order valence-corrected chi connectivity index (χ3v) is 6.95. The van der Waals surface area contributed by atoms with Crippen LogP contribution >= 0.6 is 0 Å². The van der Waals surface area contributed by atoms with E-state index in [0.29, 0.717) is 17.6 Å². The zero-order valence-electron chi connectivity index (χ0n) is 15.0. The van der Waals surface area contributed by atoms with Crippen LogP contribution in [0.4, 0.5) is 0 Å². The molecule has 2 saturated carbocycles. The SMILES string of the molecule is COC1CC(C(C)(C)C2CCC(C)C(OC)C2)CCC1C. The predicted octanol–water partition coefficient (Wildman–Crippen LogP) is 4.92. The first kappa shape index (κ1) is 17.3. The summed E-state index contributed by atoms with van der Waals surface area (Å²) in [6, 6.07) is 0. The van der Waals surface area contributed by atoms with Crippen molar-refractivity contribution in [1.82, 2.24) is 0 Å². The van der Waals surface area contributed by atoms with Crippen molar-refractivity contribution in [3.05, 3.63) is 0 Å². The molecule has 2 fully saturated rings. The fraction of sp³-hybridized carbons (Fsp3) is 1.00. The van der Waals surface area contributed by atoms with E-state index in [0.717, 1.165) is 23.7 Å². The zero-order chi connectivity index (χ0) is 15.6. The van der Waals surface area contributed by atoms with Crippen molar-refractivity contribution in [3.63, 3.8) is 0 Å². The Bertz CT molecular complexity index is 296. The number of ether oxygens (including phenoxy) is 2. The zero-order valence-corrected chi connectivity index (χ0v) is 15.0. The number of methoxy groups -OCH3 is 2. The van der Waals surface area contributed by atoms with Crippen LogP contribution in [0.2, 0.25) is 0 Å². The van der Waals surface area contributed by atoms with E-state index < -0.39 is 0 Å². The molecule has 2 aliphatic rings. The van der Waals surface area contributed by atoms with Crippen molar-refractivity contribution < 1.29 is 9.47 Å². The van der Waals surface area contributed by atoms with Gasteiger partial charge in [0.25, 0.3) is 0 Å². The average molecular weight is 296 g/mol. The van der Waals surface area contributed by atoms with Crippen LogP contribution in [0.3, 0.4) is 0 Å². The highest BCUT2D eigenvalue weighted by Crippen LogP contribution is 2.50. The van der Waals surface area contributed by atoms with Gasteiger partial charge in [0.1, 0.15) is 0 Å². The Hall–Kier alpha value is -0.0800. The van der Waals surface area contributed by atoms with Gasteiger partial charge in [0.05, 0.1) is 12.2 Å². The Kier molecular flexibility index (Phi) is 5.76. The normalized spacial score (nSPS) is 42.0. The smallest absolute Gasteiger partial charge is 0.0599 e. The molecule has 0 aromatic rings. The van der Waals surface area contributed by atoms with Crippen molar-refractivity contribution >= 4 is 0 Å². The van der Waals surface area contributed by atoms with Crippen molar-refractivity contribution in [3.8, 4) is 0 Å². The van der Waals surface area contributed by atoms with Gasteiger partial charge in [-0.25, -0.2) is 0 Å². The summed E-state index contributed by atoms with van der Waals surface area (Å²) in [7, 11) is 3.78. The van der Waals surface area contributed by atoms with Gasteiger partial charge in [0, 0.05) is 14.2 Å². The molecule has 124 valence electrons. The Morgan fingerprint density at radius 1 is 0.714 bits per heavy atom. The van der Waals surface area contributed by atoms with Gasteiger partial charge in [-0.15, -0.1) is 0 Å². The minimum absolute atomic E-state index is 0.411. The highest BCUT2D eigenvalue weighted by Gasteiger charge is 2.43. The summed E-state index contributed by atoms with van der Waals surface area (Å²) in [5.41, 5.74) is 0.411. The Morgan fingerprint density at radius 2 is 1.10 bits per heavy atom. The van der Waals surface area contributed by atoms with Crippen molar-refractivity contribution in [1.29, 1.82) is 0 Å². The fourth-order valence-corrected chi connectivity index (χ4v) is 4.90. The maximum atomic E-state index is 5.75. The standard InChI is InChI=1S/C19H36O2/c1-13-7-9-15(11-17(13)20-5)19(3,4)16-10-8-14(2)18(12-16)21-6/h13-18H,7-12H2,1-6H3. The lowest BCUT2D eigenvalue weighted by Gasteiger charge is -2.49. The second-order valence-electron chi connectivity index (χ2n) is 8.34. The Balaban J connectivity index is 2.03. The number of hydrogen-bond donors (Lipinski definition) is 0. The Morgan fingerprint density at radius 3 is 1.43 bits per heavy atom. The average Bonchev–Trinajstić information content (AvgIpc) is 2.47. The number of rotatable bonds is 4. The van der Waals surface area contributed by atoms with Crippen LogP contribution in [0.25, 0.3) is 0 Å². The van der Waals surface area contributed by atoms with Crippen LogP contribution in [0, 0.1) is 29.1 Å². The van der Waals surface area contributed by atoms with Gasteiger partial charge in [-0.05, 0) is 67.6 Å². The summed E-state index contributed by atoms with van der Waals surface area (Å²) < 4.78 is 11.5. The van der Waals surface area contributed by atoms with Crippen LogP contribution in [-0.2, 0) is 9.47 Å². The topological polar surface area (TPSA) is 18.5 Å². The summed E-state index contributed by atoms with van der Waals surface area (Å²) in [5.74, 6) is 3.05. The molecule has 0 radical (unpaired) electrons. The molecule has 0 saturated heterocycles. The molecule has 0 aliphatic heterocycles. The molecule has 0 aromatic carbocycles. The van der Waals surface area contributed by atoms with Crippen LogP contribution in [0.5, 0.6) is 0 Å². The molecule has 6 unspecified atom stereocenters. The summed E-state index contributed by atoms with van der Waals surface area (Å²) in [6.07, 6.45) is 8.80. The Labute approximate surface area is 132 Å². The molecular weight excluding hydrogens is 260 g/mol. The molecule has 6 atom stereocenters. The second-order valence-corrected chi connectivity index (χ2v) is 8.34. The first-order valence-electron chi connectivity index (χ1n) is 8.95. The molecular formula is C19H36O2. The molecule has 21 heavy (non-hydrogen) atoms. The van der Waals surface area contributed by atoms with E-state index in [1.807, 2.05) is 14.2 Å². The van der Waals surface area contributed by atoms with Gasteiger partial charge >= 0.3 is 0 Å². The molecule has 2 heteroatoms. The van der Waals surface area contributed by atoms with Gasteiger partial charge in [0.2, 0.25) is 0 Å². The quantitative estimate of drug-likeness (QED) is 0.733. The lowest BCUT2D eigenvalue weighted by Crippen LogP contribution is -2.43. The van der Waals surface area contributed by atoms with Gasteiger partial charge in [-0.2, -0.15) is 0 Å². The summed E-state index contributed by atoms with van der Waals surface area (Å²) >= 11 is 0. The molecule has 0 spiro atoms. The summed E-state index contributed by atoms with van der Waals surface area (Å²) in [6.45, 7) is 9.71. The van der Waals surface area contributed by atoms with Crippen LogP contribution < -0.4 is 0 Å². The minimum atomic E-state index is 0.411. The van der Waals surface area contributed by atoms with Gasteiger partial charge < -0.3 is 9.47 Å². The van der Waals surface area contributed by atoms with E-state index >= 15 is 0 Å². The first-order chi connectivity index (χ1) is 9.90. The van der Waals surface area contributed by atoms with E-state index in [1.54, 1.807) is 0 Å². The monoisotopic (exact) mass is 296 g/mol. The lowest BCUT2D eigenvalue weighted by atomic mass is 9.58. The van der Waals surface area contributed by atoms with Crippen molar-refractivity contribution in [2.45, 2.75) is 78.4 Å². The molecule has 0 N–H and O–H groups in total. The third-order valence-electron chi connectivity index (χ3n) is 6.95. The van der Waals surface area contributed by atoms with E-state index in [4.69, 9.17) is 9.47 Å². The minimum Gasteiger partial charge on any atom is -0.381 e. The lowest BCUT2D eigenvalue weighted by molar-refractivity contribution is -0.0620. The van der Waals surface area contributed by atoms with Crippen molar-refractivity contribution in [2.75, 3.05) is 14.2 Å². The van der Waals surface area contributed by atoms with E-state index in [-0.39, 0.29) is 0 Å². The van der Waals surface area contributed by atoms with E-state index in [2.05, 4.69) is 27.7 Å². The van der Waals surface area contributed by atoms with Crippen LogP contribution in [-0.4, -0.2) is 26.4 Å². The summed E-state index contributed by atoms with van der Waals surface area (Å²) in [5, 5.41) is 0. The third kappa shape index (κ3) is 3.64. The molecule has 2 aliphatic carbocycles. The largest absolute Gasteiger partial charge is 0.381 e. The van der Waals surface area contributed by atoms with Gasteiger partial charge in [-0.3, -0.25) is 0 Å². The maximum Gasteiger partial charge on any atom is 0.0599 e. The predicted molar refractivity (Wildman–Crippen MR) is 88.4 cm³/mol. The van der Waals surface area contributed by atoms with Gasteiger partial charge in [0.15, 0.2) is 0 Å². The van der Waals surface area contributed by atoms with E-state index in [1.165, 1.54) is 38.5 Å². The van der Waals surface area contributed by atoms with E-state index in [9.17, 15) is 0 Å². The molecule has 2 rings (SSSR count). The molecule has 0 heterocycles. The fourth-order valence-electron chi connectivity index (χ4n) is 4.90. The van der Waals surface area contributed by atoms with Crippen LogP contribution in [0.1, 0.15) is 66.2 Å². The highest BCUT2D eigenvalue weighted by atomic mass is 16.5. The maximum absolute atomic E-state index is 5.75. The molecule has 0 aromatic heterocycles. The molecule has 0 bridgehead atoms. The molecule has 2 nitrogen and oxygen atoms in total. The summed E-state index contributed by atoms with van der Waals surface area (Å²) in [4.78, 5) is 0. The molecule has 0 amide bonds. The number of hydrogen-bond acceptors (Lipinski definition) is 2. The highest BCUT2D eigenvalue weighted by molar-refractivity contribution is 4.94. The van der Waals surface area contributed by atoms with Crippen LogP contribution in [0.15, 0.2) is 0 Å². The van der Waals surface area contributed by atoms with Gasteiger partial charge in [-0.1, -0.05) is 27.7 Å².